The lowest BCUT2D eigenvalue weighted by Crippen LogP contribution is -1.91. The second-order valence-corrected chi connectivity index (χ2v) is 3.75. The molecule has 1 aliphatic carbocycles. The van der Waals surface area contributed by atoms with Gasteiger partial charge in [0.1, 0.15) is 5.75 Å². The Morgan fingerprint density at radius 3 is 2.77 bits per heavy atom. The maximum atomic E-state index is 9.56. The number of nitrogens with one attached hydrogen (secondary N) is 1. The van der Waals surface area contributed by atoms with E-state index >= 15 is 0 Å². The third kappa shape index (κ3) is 1.94. The van der Waals surface area contributed by atoms with Crippen LogP contribution >= 0.6 is 0 Å². The first-order valence-corrected chi connectivity index (χ1v) is 4.79. The second-order valence-electron chi connectivity index (χ2n) is 3.75. The highest BCUT2D eigenvalue weighted by molar-refractivity contribution is 5.56. The third-order valence-corrected chi connectivity index (χ3v) is 2.55. The van der Waals surface area contributed by atoms with Crippen molar-refractivity contribution in [2.24, 2.45) is 5.92 Å². The van der Waals surface area contributed by atoms with Crippen molar-refractivity contribution in [3.8, 4) is 5.75 Å². The van der Waals surface area contributed by atoms with E-state index in [0.29, 0.717) is 5.75 Å². The van der Waals surface area contributed by atoms with Gasteiger partial charge in [0.15, 0.2) is 0 Å². The number of phenols is 1. The van der Waals surface area contributed by atoms with Crippen LogP contribution in [0, 0.1) is 5.92 Å². The molecule has 0 radical (unpaired) electrons. The highest BCUT2D eigenvalue weighted by atomic mass is 16.3. The number of hydrogen-bond acceptors (Lipinski definition) is 2. The summed E-state index contributed by atoms with van der Waals surface area (Å²) in [5.74, 6) is 1.24. The first kappa shape index (κ1) is 8.42. The molecule has 0 unspecified atom stereocenters. The molecule has 1 saturated carbocycles. The lowest BCUT2D eigenvalue weighted by atomic mass is 10.1. The zero-order valence-electron chi connectivity index (χ0n) is 7.88. The summed E-state index contributed by atoms with van der Waals surface area (Å²) in [6, 6.07) is 5.89. The zero-order valence-corrected chi connectivity index (χ0v) is 7.88. The molecule has 2 nitrogen and oxygen atoms in total. The molecule has 1 aromatic carbocycles. The van der Waals surface area contributed by atoms with E-state index in [4.69, 9.17) is 0 Å². The Labute approximate surface area is 78.6 Å². The van der Waals surface area contributed by atoms with Crippen LogP contribution in [0.3, 0.4) is 0 Å². The molecule has 0 saturated heterocycles. The first-order valence-electron chi connectivity index (χ1n) is 4.79. The van der Waals surface area contributed by atoms with Gasteiger partial charge < -0.3 is 10.4 Å². The number of hydrogen-bond donors (Lipinski definition) is 2. The van der Waals surface area contributed by atoms with Crippen molar-refractivity contribution in [2.75, 3.05) is 12.4 Å². The molecule has 0 heterocycles. The SMILES string of the molecule is CNc1ccc(CC2CC2)cc1O. The minimum absolute atomic E-state index is 0.362. The van der Waals surface area contributed by atoms with Gasteiger partial charge in [-0.3, -0.25) is 0 Å². The summed E-state index contributed by atoms with van der Waals surface area (Å²) >= 11 is 0. The van der Waals surface area contributed by atoms with E-state index in [-0.39, 0.29) is 0 Å². The molecule has 0 aromatic heterocycles. The van der Waals surface area contributed by atoms with Crippen LogP contribution in [0.4, 0.5) is 5.69 Å². The molecular weight excluding hydrogens is 162 g/mol. The molecule has 70 valence electrons. The number of rotatable bonds is 3. The van der Waals surface area contributed by atoms with E-state index in [1.807, 2.05) is 19.2 Å². The Morgan fingerprint density at radius 1 is 1.46 bits per heavy atom. The molecule has 1 fully saturated rings. The van der Waals surface area contributed by atoms with Crippen LogP contribution < -0.4 is 5.32 Å². The molecule has 0 atom stereocenters. The van der Waals surface area contributed by atoms with Gasteiger partial charge in [-0.05, 0) is 42.9 Å². The van der Waals surface area contributed by atoms with Crippen LogP contribution in [0.25, 0.3) is 0 Å². The van der Waals surface area contributed by atoms with Crippen molar-refractivity contribution in [1.82, 2.24) is 0 Å². The molecule has 0 amide bonds. The third-order valence-electron chi connectivity index (χ3n) is 2.55. The summed E-state index contributed by atoms with van der Waals surface area (Å²) < 4.78 is 0. The van der Waals surface area contributed by atoms with Crippen LogP contribution in [0.15, 0.2) is 18.2 Å². The van der Waals surface area contributed by atoms with Crippen molar-refractivity contribution >= 4 is 5.69 Å². The fourth-order valence-electron chi connectivity index (χ4n) is 1.57. The highest BCUT2D eigenvalue weighted by Crippen LogP contribution is 2.34. The summed E-state index contributed by atoms with van der Waals surface area (Å²) in [4.78, 5) is 0. The van der Waals surface area contributed by atoms with Gasteiger partial charge in [-0.1, -0.05) is 6.07 Å². The van der Waals surface area contributed by atoms with E-state index in [0.717, 1.165) is 18.0 Å². The molecular formula is C11H15NO. The summed E-state index contributed by atoms with van der Waals surface area (Å²) in [7, 11) is 1.82. The predicted octanol–water partition coefficient (Wildman–Crippen LogP) is 2.39. The maximum Gasteiger partial charge on any atom is 0.138 e. The van der Waals surface area contributed by atoms with Gasteiger partial charge in [-0.15, -0.1) is 0 Å². The van der Waals surface area contributed by atoms with Gasteiger partial charge >= 0.3 is 0 Å². The predicted molar refractivity (Wildman–Crippen MR) is 54.1 cm³/mol. The number of phenolic OH excluding ortho intramolecular Hbond substituents is 1. The summed E-state index contributed by atoms with van der Waals surface area (Å²) in [6.07, 6.45) is 3.83. The topological polar surface area (TPSA) is 32.3 Å². The van der Waals surface area contributed by atoms with E-state index in [1.54, 1.807) is 0 Å². The molecule has 1 aromatic rings. The smallest absolute Gasteiger partial charge is 0.138 e. The van der Waals surface area contributed by atoms with Crippen molar-refractivity contribution in [2.45, 2.75) is 19.3 Å². The van der Waals surface area contributed by atoms with Crippen molar-refractivity contribution in [3.05, 3.63) is 23.8 Å². The van der Waals surface area contributed by atoms with Crippen molar-refractivity contribution in [1.29, 1.82) is 0 Å². The van der Waals surface area contributed by atoms with Gasteiger partial charge in [0.05, 0.1) is 5.69 Å². The van der Waals surface area contributed by atoms with E-state index < -0.39 is 0 Å². The standard InChI is InChI=1S/C11H15NO/c1-12-10-5-4-9(7-11(10)13)6-8-2-3-8/h4-5,7-8,12-13H,2-3,6H2,1H3. The van der Waals surface area contributed by atoms with Crippen molar-refractivity contribution < 1.29 is 5.11 Å². The zero-order chi connectivity index (χ0) is 9.26. The van der Waals surface area contributed by atoms with E-state index in [2.05, 4.69) is 11.4 Å². The van der Waals surface area contributed by atoms with E-state index in [1.165, 1.54) is 18.4 Å². The Morgan fingerprint density at radius 2 is 2.23 bits per heavy atom. The maximum absolute atomic E-state index is 9.56. The Hall–Kier alpha value is -1.18. The number of aromatic hydroxyl groups is 1. The van der Waals surface area contributed by atoms with Gasteiger partial charge in [0.25, 0.3) is 0 Å². The highest BCUT2D eigenvalue weighted by Gasteiger charge is 2.21. The normalized spacial score (nSPS) is 15.8. The largest absolute Gasteiger partial charge is 0.506 e. The molecule has 2 heteroatoms. The molecule has 13 heavy (non-hydrogen) atoms. The molecule has 0 spiro atoms. The monoisotopic (exact) mass is 177 g/mol. The van der Waals surface area contributed by atoms with Crippen LogP contribution in [-0.2, 0) is 6.42 Å². The van der Waals surface area contributed by atoms with Crippen molar-refractivity contribution in [3.63, 3.8) is 0 Å². The molecule has 2 N–H and O–H groups in total. The number of benzene rings is 1. The molecule has 0 aliphatic heterocycles. The fraction of sp³-hybridized carbons (Fsp3) is 0.455. The van der Waals surface area contributed by atoms with Crippen LogP contribution in [0.1, 0.15) is 18.4 Å². The molecule has 2 rings (SSSR count). The summed E-state index contributed by atoms with van der Waals surface area (Å²) in [6.45, 7) is 0. The fourth-order valence-corrected chi connectivity index (χ4v) is 1.57. The quantitative estimate of drug-likeness (QED) is 0.695. The van der Waals surface area contributed by atoms with Gasteiger partial charge in [0, 0.05) is 7.05 Å². The lowest BCUT2D eigenvalue weighted by molar-refractivity contribution is 0.476. The summed E-state index contributed by atoms with van der Waals surface area (Å²) in [5, 5.41) is 12.5. The van der Waals surface area contributed by atoms with Gasteiger partial charge in [-0.25, -0.2) is 0 Å². The minimum Gasteiger partial charge on any atom is -0.506 e. The average Bonchev–Trinajstić information content (AvgIpc) is 2.89. The Kier molecular flexibility index (Phi) is 2.13. The van der Waals surface area contributed by atoms with Crippen LogP contribution in [0.5, 0.6) is 5.75 Å². The Balaban J connectivity index is 2.13. The second kappa shape index (κ2) is 3.29. The Bertz CT molecular complexity index is 305. The van der Waals surface area contributed by atoms with Gasteiger partial charge in [-0.2, -0.15) is 0 Å². The van der Waals surface area contributed by atoms with Gasteiger partial charge in [0.2, 0.25) is 0 Å². The average molecular weight is 177 g/mol. The van der Waals surface area contributed by atoms with E-state index in [9.17, 15) is 5.11 Å². The lowest BCUT2D eigenvalue weighted by Gasteiger charge is -2.05. The minimum atomic E-state index is 0.362. The first-order chi connectivity index (χ1) is 6.29. The van der Waals surface area contributed by atoms with Crippen LogP contribution in [-0.4, -0.2) is 12.2 Å². The number of anilines is 1. The van der Waals surface area contributed by atoms with Crippen LogP contribution in [0.2, 0.25) is 0 Å². The molecule has 1 aliphatic rings. The molecule has 0 bridgehead atoms. The summed E-state index contributed by atoms with van der Waals surface area (Å²) in [5.41, 5.74) is 2.05.